The van der Waals surface area contributed by atoms with Crippen LogP contribution in [0.2, 0.25) is 5.02 Å². The van der Waals surface area contributed by atoms with Gasteiger partial charge >= 0.3 is 0 Å². The van der Waals surface area contributed by atoms with E-state index in [1.165, 1.54) is 12.4 Å². The lowest BCUT2D eigenvalue weighted by Crippen LogP contribution is -2.01. The number of halogens is 2. The molecule has 4 nitrogen and oxygen atoms in total. The van der Waals surface area contributed by atoms with Crippen LogP contribution in [0.3, 0.4) is 0 Å². The van der Waals surface area contributed by atoms with E-state index in [0.717, 1.165) is 0 Å². The van der Waals surface area contributed by atoms with Gasteiger partial charge < -0.3 is 5.73 Å². The number of nitrogens with two attached hydrogens (primary N) is 1. The van der Waals surface area contributed by atoms with Crippen LogP contribution in [0.1, 0.15) is 0 Å². The zero-order valence-corrected chi connectivity index (χ0v) is 11.0. The molecule has 100 valence electrons. The molecular weight excluding hydrogens is 279 g/mol. The Labute approximate surface area is 119 Å². The Balaban J connectivity index is 2.21. The van der Waals surface area contributed by atoms with Crippen LogP contribution in [0.4, 0.5) is 10.2 Å². The maximum Gasteiger partial charge on any atom is 0.165 e. The standard InChI is InChI=1S/C14H10ClFN4/c15-10-4-1-5-11(13(10)16)20-8-18-7-12(20)9-3-2-6-19-14(9)17/h1-8H,(H2,17,19). The third-order valence-electron chi connectivity index (χ3n) is 2.94. The van der Waals surface area contributed by atoms with Gasteiger partial charge in [0.1, 0.15) is 5.82 Å². The van der Waals surface area contributed by atoms with E-state index in [-0.39, 0.29) is 5.02 Å². The molecule has 0 bridgehead atoms. The maximum atomic E-state index is 14.1. The van der Waals surface area contributed by atoms with E-state index in [2.05, 4.69) is 9.97 Å². The molecule has 0 aliphatic rings. The van der Waals surface area contributed by atoms with Crippen LogP contribution in [0, 0.1) is 5.82 Å². The van der Waals surface area contributed by atoms with Crippen LogP contribution in [-0.4, -0.2) is 14.5 Å². The van der Waals surface area contributed by atoms with Crippen LogP contribution in [0.5, 0.6) is 0 Å². The Morgan fingerprint density at radius 2 is 2.05 bits per heavy atom. The molecule has 2 N–H and O–H groups in total. The molecule has 1 aromatic carbocycles. The number of rotatable bonds is 2. The monoisotopic (exact) mass is 288 g/mol. The molecule has 0 amide bonds. The molecule has 3 aromatic rings. The van der Waals surface area contributed by atoms with Crippen LogP contribution in [0.15, 0.2) is 49.1 Å². The van der Waals surface area contributed by atoms with Gasteiger partial charge in [-0.3, -0.25) is 4.57 Å². The van der Waals surface area contributed by atoms with Crippen LogP contribution < -0.4 is 5.73 Å². The number of hydrogen-bond acceptors (Lipinski definition) is 3. The second kappa shape index (κ2) is 4.94. The fourth-order valence-electron chi connectivity index (χ4n) is 2.00. The highest BCUT2D eigenvalue weighted by Crippen LogP contribution is 2.29. The number of aromatic nitrogens is 3. The predicted octanol–water partition coefficient (Wildman–Crippen LogP) is 3.31. The van der Waals surface area contributed by atoms with Crippen LogP contribution in [-0.2, 0) is 0 Å². The third-order valence-corrected chi connectivity index (χ3v) is 3.24. The summed E-state index contributed by atoms with van der Waals surface area (Å²) in [7, 11) is 0. The molecule has 0 saturated carbocycles. The van der Waals surface area contributed by atoms with Gasteiger partial charge in [0, 0.05) is 11.8 Å². The first-order chi connectivity index (χ1) is 9.68. The highest BCUT2D eigenvalue weighted by molar-refractivity contribution is 6.30. The van der Waals surface area contributed by atoms with E-state index in [9.17, 15) is 4.39 Å². The number of nitrogen functional groups attached to an aromatic ring is 1. The fourth-order valence-corrected chi connectivity index (χ4v) is 2.17. The topological polar surface area (TPSA) is 56.7 Å². The molecule has 2 aromatic heterocycles. The number of anilines is 1. The van der Waals surface area contributed by atoms with Crippen molar-refractivity contribution in [3.05, 3.63) is 59.9 Å². The highest BCUT2D eigenvalue weighted by atomic mass is 35.5. The number of imidazole rings is 1. The smallest absolute Gasteiger partial charge is 0.165 e. The average molecular weight is 289 g/mol. The van der Waals surface area contributed by atoms with E-state index < -0.39 is 5.82 Å². The van der Waals surface area contributed by atoms with Gasteiger partial charge in [-0.2, -0.15) is 0 Å². The van der Waals surface area contributed by atoms with E-state index in [1.54, 1.807) is 41.2 Å². The van der Waals surface area contributed by atoms with Crippen molar-refractivity contribution in [2.75, 3.05) is 5.73 Å². The Morgan fingerprint density at radius 1 is 1.20 bits per heavy atom. The van der Waals surface area contributed by atoms with Gasteiger partial charge in [0.15, 0.2) is 5.82 Å². The van der Waals surface area contributed by atoms with Crippen molar-refractivity contribution >= 4 is 17.4 Å². The molecule has 0 radical (unpaired) electrons. The Morgan fingerprint density at radius 3 is 2.85 bits per heavy atom. The SMILES string of the molecule is Nc1ncccc1-c1cncn1-c1cccc(Cl)c1F. The van der Waals surface area contributed by atoms with Crippen molar-refractivity contribution in [1.29, 1.82) is 0 Å². The number of pyridine rings is 1. The largest absolute Gasteiger partial charge is 0.383 e. The Hall–Kier alpha value is -2.40. The van der Waals surface area contributed by atoms with Gasteiger partial charge in [0.05, 0.1) is 28.9 Å². The van der Waals surface area contributed by atoms with E-state index >= 15 is 0 Å². The molecule has 0 spiro atoms. The molecule has 0 saturated heterocycles. The predicted molar refractivity (Wildman–Crippen MR) is 76.2 cm³/mol. The van der Waals surface area contributed by atoms with Crippen molar-refractivity contribution in [3.8, 4) is 16.9 Å². The van der Waals surface area contributed by atoms with Gasteiger partial charge in [-0.25, -0.2) is 14.4 Å². The molecule has 20 heavy (non-hydrogen) atoms. The molecule has 2 heterocycles. The molecule has 0 atom stereocenters. The molecule has 0 unspecified atom stereocenters. The quantitative estimate of drug-likeness (QED) is 0.787. The normalized spacial score (nSPS) is 10.7. The molecule has 0 aliphatic carbocycles. The van der Waals surface area contributed by atoms with E-state index in [1.807, 2.05) is 0 Å². The lowest BCUT2D eigenvalue weighted by atomic mass is 10.2. The van der Waals surface area contributed by atoms with Gasteiger partial charge in [-0.1, -0.05) is 17.7 Å². The Bertz CT molecular complexity index is 769. The third kappa shape index (κ3) is 2.02. The second-order valence-electron chi connectivity index (χ2n) is 4.16. The number of nitrogens with zero attached hydrogens (tertiary/aromatic N) is 3. The minimum absolute atomic E-state index is 0.0568. The van der Waals surface area contributed by atoms with Gasteiger partial charge in [-0.05, 0) is 24.3 Å². The Kier molecular flexibility index (Phi) is 3.12. The zero-order valence-electron chi connectivity index (χ0n) is 10.3. The highest BCUT2D eigenvalue weighted by Gasteiger charge is 2.14. The van der Waals surface area contributed by atoms with Crippen molar-refractivity contribution in [1.82, 2.24) is 14.5 Å². The maximum absolute atomic E-state index is 14.1. The summed E-state index contributed by atoms with van der Waals surface area (Å²) in [6.07, 6.45) is 4.71. The summed E-state index contributed by atoms with van der Waals surface area (Å²) in [5, 5.41) is 0.0568. The minimum Gasteiger partial charge on any atom is -0.383 e. The van der Waals surface area contributed by atoms with Crippen molar-refractivity contribution in [2.24, 2.45) is 0 Å². The number of benzene rings is 1. The summed E-state index contributed by atoms with van der Waals surface area (Å²) in [5.41, 5.74) is 7.50. The van der Waals surface area contributed by atoms with Gasteiger partial charge in [0.25, 0.3) is 0 Å². The summed E-state index contributed by atoms with van der Waals surface area (Å²) >= 11 is 5.81. The molecule has 0 aliphatic heterocycles. The van der Waals surface area contributed by atoms with Crippen LogP contribution >= 0.6 is 11.6 Å². The number of hydrogen-bond donors (Lipinski definition) is 1. The molecule has 0 fully saturated rings. The first kappa shape index (κ1) is 12.6. The van der Waals surface area contributed by atoms with E-state index in [0.29, 0.717) is 22.8 Å². The average Bonchev–Trinajstić information content (AvgIpc) is 2.91. The molecular formula is C14H10ClFN4. The summed E-state index contributed by atoms with van der Waals surface area (Å²) in [6.45, 7) is 0. The first-order valence-corrected chi connectivity index (χ1v) is 6.24. The summed E-state index contributed by atoms with van der Waals surface area (Å²) < 4.78 is 15.7. The van der Waals surface area contributed by atoms with Crippen molar-refractivity contribution < 1.29 is 4.39 Å². The van der Waals surface area contributed by atoms with Crippen molar-refractivity contribution in [2.45, 2.75) is 0 Å². The zero-order chi connectivity index (χ0) is 14.1. The van der Waals surface area contributed by atoms with Crippen LogP contribution in [0.25, 0.3) is 16.9 Å². The lowest BCUT2D eigenvalue weighted by molar-refractivity contribution is 0.619. The van der Waals surface area contributed by atoms with Crippen molar-refractivity contribution in [3.63, 3.8) is 0 Å². The minimum atomic E-state index is -0.504. The molecule has 3 rings (SSSR count). The summed E-state index contributed by atoms with van der Waals surface area (Å²) in [4.78, 5) is 8.08. The summed E-state index contributed by atoms with van der Waals surface area (Å²) in [5.74, 6) is -0.146. The summed E-state index contributed by atoms with van der Waals surface area (Å²) in [6, 6.07) is 8.36. The van der Waals surface area contributed by atoms with Gasteiger partial charge in [-0.15, -0.1) is 0 Å². The lowest BCUT2D eigenvalue weighted by Gasteiger charge is -2.11. The second-order valence-corrected chi connectivity index (χ2v) is 4.57. The molecule has 6 heteroatoms. The van der Waals surface area contributed by atoms with Gasteiger partial charge in [0.2, 0.25) is 0 Å². The fraction of sp³-hybridized carbons (Fsp3) is 0. The van der Waals surface area contributed by atoms with E-state index in [4.69, 9.17) is 17.3 Å². The first-order valence-electron chi connectivity index (χ1n) is 5.86.